The fraction of sp³-hybridized carbons (Fsp3) is 0.879. The number of ether oxygens (including phenoxy) is 2. The maximum Gasteiger partial charge on any atom is 0.472 e. The molecular formula is C66H123O10P. The maximum atomic E-state index is 12.9. The quantitative estimate of drug-likeness (QED) is 0.0425. The molecule has 1 aromatic carbocycles. The summed E-state index contributed by atoms with van der Waals surface area (Å²) in [5, 5.41) is 19.4. The van der Waals surface area contributed by atoms with E-state index in [-0.39, 0.29) is 13.2 Å². The molecule has 2 unspecified atom stereocenters. The van der Waals surface area contributed by atoms with Gasteiger partial charge in [-0.05, 0) is 89.3 Å². The number of carbonyl (C=O) groups is 2. The topological polar surface area (TPSA) is 149 Å². The third-order valence-electron chi connectivity index (χ3n) is 15.6. The fourth-order valence-corrected chi connectivity index (χ4v) is 11.2. The molecule has 3 N–H and O–H groups in total. The molecule has 0 spiro atoms. The van der Waals surface area contributed by atoms with E-state index in [1.807, 2.05) is 6.07 Å². The van der Waals surface area contributed by atoms with Gasteiger partial charge in [-0.15, -0.1) is 0 Å². The lowest BCUT2D eigenvalue weighted by Crippen LogP contribution is -2.27. The standard InChI is InChI=1S/C66H123O10P/c1-7-9-11-13-15-17-19-21-23-25-27-29-33-37-41-45-49-73-57-62(74-50-46-42-38-34-30-28-26-24-22-20-18-16-14-12-10-8-2)58-76-77(71,72)75-51-47-43-39-35-31-32-36-40-44-48-59-52-60(55-65(3,4)63(67)68)54-61(53-59)56-66(5,6)64(69)70/h52-54,62H,7-51,55-58H2,1-6H3,(H,67,68)(H,69,70)(H,71,72). The first-order chi connectivity index (χ1) is 37.1. The zero-order valence-electron chi connectivity index (χ0n) is 51.1. The average Bonchev–Trinajstić information content (AvgIpc) is 3.38. The van der Waals surface area contributed by atoms with Crippen molar-refractivity contribution in [2.45, 2.75) is 330 Å². The van der Waals surface area contributed by atoms with Crippen molar-refractivity contribution in [3.8, 4) is 0 Å². The van der Waals surface area contributed by atoms with Gasteiger partial charge in [0.25, 0.3) is 0 Å². The van der Waals surface area contributed by atoms with Crippen molar-refractivity contribution in [3.05, 3.63) is 34.9 Å². The van der Waals surface area contributed by atoms with Crippen LogP contribution in [0.4, 0.5) is 0 Å². The molecule has 0 fully saturated rings. The zero-order chi connectivity index (χ0) is 56.6. The van der Waals surface area contributed by atoms with Crippen molar-refractivity contribution in [1.29, 1.82) is 0 Å². The van der Waals surface area contributed by atoms with E-state index in [1.165, 1.54) is 180 Å². The minimum Gasteiger partial charge on any atom is -0.481 e. The summed E-state index contributed by atoms with van der Waals surface area (Å²) >= 11 is 0. The molecule has 0 saturated carbocycles. The lowest BCUT2D eigenvalue weighted by atomic mass is 9.81. The predicted molar refractivity (Wildman–Crippen MR) is 323 cm³/mol. The molecule has 0 amide bonds. The van der Waals surface area contributed by atoms with Crippen molar-refractivity contribution in [2.24, 2.45) is 10.8 Å². The minimum absolute atomic E-state index is 0.0325. The predicted octanol–water partition coefficient (Wildman–Crippen LogP) is 20.1. The summed E-state index contributed by atoms with van der Waals surface area (Å²) in [6, 6.07) is 6.18. The van der Waals surface area contributed by atoms with E-state index < -0.39 is 36.7 Å². The molecule has 0 aromatic heterocycles. The van der Waals surface area contributed by atoms with Crippen LogP contribution in [0.2, 0.25) is 0 Å². The Bertz CT molecular complexity index is 1530. The van der Waals surface area contributed by atoms with Gasteiger partial charge in [0.2, 0.25) is 0 Å². The van der Waals surface area contributed by atoms with Crippen LogP contribution in [-0.2, 0) is 51.9 Å². The molecule has 1 aromatic rings. The number of carboxylic acids is 2. The average molecular weight is 1110 g/mol. The van der Waals surface area contributed by atoms with Gasteiger partial charge in [-0.2, -0.15) is 0 Å². The summed E-state index contributed by atoms with van der Waals surface area (Å²) in [4.78, 5) is 34.3. The van der Waals surface area contributed by atoms with Crippen LogP contribution >= 0.6 is 7.82 Å². The molecule has 452 valence electrons. The number of aryl methyl sites for hydroxylation is 1. The van der Waals surface area contributed by atoms with E-state index in [1.54, 1.807) is 27.7 Å². The monoisotopic (exact) mass is 1110 g/mol. The second-order valence-corrected chi connectivity index (χ2v) is 26.0. The number of phosphoric ester groups is 1. The Morgan fingerprint density at radius 1 is 0.416 bits per heavy atom. The summed E-state index contributed by atoms with van der Waals surface area (Å²) in [5.41, 5.74) is 1.20. The second-order valence-electron chi connectivity index (χ2n) is 24.6. The largest absolute Gasteiger partial charge is 0.481 e. The van der Waals surface area contributed by atoms with Crippen LogP contribution in [0.15, 0.2) is 18.2 Å². The van der Waals surface area contributed by atoms with Crippen LogP contribution < -0.4 is 0 Å². The smallest absolute Gasteiger partial charge is 0.472 e. The highest BCUT2D eigenvalue weighted by Crippen LogP contribution is 2.43. The number of hydrogen-bond acceptors (Lipinski definition) is 7. The van der Waals surface area contributed by atoms with E-state index in [2.05, 4.69) is 26.0 Å². The maximum absolute atomic E-state index is 12.9. The molecule has 0 heterocycles. The van der Waals surface area contributed by atoms with Gasteiger partial charge >= 0.3 is 19.8 Å². The molecule has 0 bridgehead atoms. The molecule has 2 atom stereocenters. The van der Waals surface area contributed by atoms with Gasteiger partial charge in [-0.25, -0.2) is 4.57 Å². The number of benzene rings is 1. The molecule has 0 aliphatic carbocycles. The van der Waals surface area contributed by atoms with E-state index in [0.29, 0.717) is 39.1 Å². The van der Waals surface area contributed by atoms with Crippen LogP contribution in [0.5, 0.6) is 0 Å². The highest BCUT2D eigenvalue weighted by atomic mass is 31.2. The zero-order valence-corrected chi connectivity index (χ0v) is 52.0. The Balaban J connectivity index is 2.36. The van der Waals surface area contributed by atoms with Crippen molar-refractivity contribution in [3.63, 3.8) is 0 Å². The summed E-state index contributed by atoms with van der Waals surface area (Å²) in [6.07, 6.45) is 53.0. The van der Waals surface area contributed by atoms with E-state index >= 15 is 0 Å². The van der Waals surface area contributed by atoms with E-state index in [0.717, 1.165) is 100 Å². The lowest BCUT2D eigenvalue weighted by Gasteiger charge is -2.23. The Labute approximate surface area is 474 Å². The summed E-state index contributed by atoms with van der Waals surface area (Å²) in [6.45, 7) is 13.2. The van der Waals surface area contributed by atoms with Gasteiger partial charge in [-0.3, -0.25) is 18.6 Å². The van der Waals surface area contributed by atoms with E-state index in [9.17, 15) is 29.3 Å². The van der Waals surface area contributed by atoms with Gasteiger partial charge in [0.05, 0.1) is 30.7 Å². The SMILES string of the molecule is CCCCCCCCCCCCCCCCCCOCC(COP(=O)(O)OCCCCCCCCCCCc1cc(CC(C)(C)C(=O)O)cc(CC(C)(C)C(=O)O)c1)OCCCCCCCCCCCCCCCCCC. The number of carboxylic acid groups (broad SMARTS) is 2. The molecule has 11 heteroatoms. The number of unbranched alkanes of at least 4 members (excludes halogenated alkanes) is 38. The first-order valence-electron chi connectivity index (χ1n) is 32.5. The van der Waals surface area contributed by atoms with Crippen molar-refractivity contribution < 1.29 is 47.8 Å². The number of hydrogen-bond donors (Lipinski definition) is 3. The van der Waals surface area contributed by atoms with Crippen LogP contribution in [-0.4, -0.2) is 66.2 Å². The molecule has 0 aliphatic rings. The highest BCUT2D eigenvalue weighted by Gasteiger charge is 2.30. The Morgan fingerprint density at radius 2 is 0.714 bits per heavy atom. The Morgan fingerprint density at radius 3 is 1.06 bits per heavy atom. The molecule has 10 nitrogen and oxygen atoms in total. The van der Waals surface area contributed by atoms with Crippen LogP contribution in [0.25, 0.3) is 0 Å². The number of phosphoric acid groups is 1. The van der Waals surface area contributed by atoms with Gasteiger partial charge in [0, 0.05) is 13.2 Å². The summed E-state index contributed by atoms with van der Waals surface area (Å²) in [5.74, 6) is -1.69. The molecule has 77 heavy (non-hydrogen) atoms. The Hall–Kier alpha value is -1.81. The second kappa shape index (κ2) is 48.9. The highest BCUT2D eigenvalue weighted by molar-refractivity contribution is 7.47. The normalized spacial score (nSPS) is 13.3. The minimum atomic E-state index is -4.22. The fourth-order valence-electron chi connectivity index (χ4n) is 10.4. The van der Waals surface area contributed by atoms with Crippen molar-refractivity contribution in [2.75, 3.05) is 33.0 Å². The van der Waals surface area contributed by atoms with E-state index in [4.69, 9.17) is 18.5 Å². The first-order valence-corrected chi connectivity index (χ1v) is 34.0. The number of aliphatic carboxylic acids is 2. The van der Waals surface area contributed by atoms with Gasteiger partial charge in [0.1, 0.15) is 6.10 Å². The van der Waals surface area contributed by atoms with Crippen LogP contribution in [0.1, 0.15) is 321 Å². The van der Waals surface area contributed by atoms with Crippen LogP contribution in [0, 0.1) is 10.8 Å². The Kier molecular flexibility index (Phi) is 46.4. The van der Waals surface area contributed by atoms with Gasteiger partial charge in [0.15, 0.2) is 0 Å². The van der Waals surface area contributed by atoms with Gasteiger partial charge in [-0.1, -0.05) is 270 Å². The molecule has 1 rings (SSSR count). The molecular weight excluding hydrogens is 984 g/mol. The van der Waals surface area contributed by atoms with Crippen molar-refractivity contribution in [1.82, 2.24) is 0 Å². The van der Waals surface area contributed by atoms with Crippen LogP contribution in [0.3, 0.4) is 0 Å². The summed E-state index contributed by atoms with van der Waals surface area (Å²) in [7, 11) is -4.22. The van der Waals surface area contributed by atoms with Gasteiger partial charge < -0.3 is 24.6 Å². The summed E-state index contributed by atoms with van der Waals surface area (Å²) < 4.78 is 36.0. The number of rotatable bonds is 59. The van der Waals surface area contributed by atoms with Crippen molar-refractivity contribution >= 4 is 19.8 Å². The third kappa shape index (κ3) is 44.5. The molecule has 0 radical (unpaired) electrons. The first kappa shape index (κ1) is 73.2. The lowest BCUT2D eigenvalue weighted by molar-refractivity contribution is -0.147. The molecule has 0 aliphatic heterocycles. The molecule has 0 saturated heterocycles. The third-order valence-corrected chi connectivity index (χ3v) is 16.6.